The van der Waals surface area contributed by atoms with Gasteiger partial charge in [-0.05, 0) is 0 Å². The van der Waals surface area contributed by atoms with Crippen LogP contribution in [-0.4, -0.2) is 34.1 Å². The first-order valence-corrected chi connectivity index (χ1v) is 0.928. The molecule has 0 amide bonds. The molecule has 0 bridgehead atoms. The smallest absolute Gasteiger partial charge is 1.00 e. The van der Waals surface area contributed by atoms with Crippen molar-refractivity contribution < 1.29 is 29.8 Å². The Morgan fingerprint density at radius 3 is 1.83 bits per heavy atom. The molecule has 0 heterocycles. The molecule has 0 unspecified atom stereocenters. The zero-order valence-corrected chi connectivity index (χ0v) is 6.04. The molecule has 0 atom stereocenters. The van der Waals surface area contributed by atoms with E-state index in [4.69, 9.17) is 9.90 Å². The van der Waals surface area contributed by atoms with Gasteiger partial charge in [-0.2, -0.15) is 0 Å². The monoisotopic (exact) mass is 141 g/mol. The Bertz CT molecular complexity index is 41.0. The van der Waals surface area contributed by atoms with E-state index in [-0.39, 0.29) is 43.0 Å². The molecule has 0 aromatic carbocycles. The number of carboxylic acids is 1. The Morgan fingerprint density at radius 1 is 1.83 bits per heavy atom. The Balaban J connectivity index is -0.00000000750. The van der Waals surface area contributed by atoms with E-state index in [0.717, 1.165) is 6.92 Å². The molecule has 0 aromatic heterocycles. The molecule has 1 N–H and O–H groups in total. The van der Waals surface area contributed by atoms with Crippen molar-refractivity contribution in [1.29, 1.82) is 0 Å². The molecule has 0 saturated carbocycles. The van der Waals surface area contributed by atoms with Crippen LogP contribution in [0.2, 0.25) is 0 Å². The van der Waals surface area contributed by atoms with Gasteiger partial charge in [0, 0.05) is 24.0 Å². The molecule has 0 rings (SSSR count). The molecule has 0 aliphatic rings. The third kappa shape index (κ3) is 117. The molecule has 2 nitrogen and oxygen atoms in total. The summed E-state index contributed by atoms with van der Waals surface area (Å²) >= 11 is 0. The minimum Gasteiger partial charge on any atom is -1.00 e. The number of hydrogen-bond donors (Lipinski definition) is 1. The summed E-state index contributed by atoms with van der Waals surface area (Å²) < 4.78 is 0. The van der Waals surface area contributed by atoms with Gasteiger partial charge in [0.05, 0.1) is 0 Å². The van der Waals surface area contributed by atoms with Gasteiger partial charge in [0.15, 0.2) is 0 Å². The standard InChI is InChI=1S/C2H4O2.Mg.Mn.2H/c1-2(3)4;;;;/h1H3,(H,3,4);;;;/q;+2;;2*-1. The predicted molar refractivity (Wildman–Crippen MR) is 21.3 cm³/mol. The molecule has 4 heteroatoms. The van der Waals surface area contributed by atoms with Gasteiger partial charge in [-0.1, -0.05) is 0 Å². The maximum absolute atomic E-state index is 9.00. The second kappa shape index (κ2) is 9.23. The van der Waals surface area contributed by atoms with E-state index in [1.54, 1.807) is 0 Å². The Kier molecular flexibility index (Phi) is 24.4. The predicted octanol–water partition coefficient (Wildman–Crippen LogP) is -0.0674. The van der Waals surface area contributed by atoms with Crippen molar-refractivity contribution in [3.63, 3.8) is 0 Å². The third-order valence-electron chi connectivity index (χ3n) is 0. The van der Waals surface area contributed by atoms with Gasteiger partial charge >= 0.3 is 23.1 Å². The van der Waals surface area contributed by atoms with Crippen molar-refractivity contribution in [1.82, 2.24) is 0 Å². The van der Waals surface area contributed by atoms with Crippen LogP contribution in [0.25, 0.3) is 0 Å². The minimum absolute atomic E-state index is 0. The van der Waals surface area contributed by atoms with Crippen LogP contribution in [0.3, 0.4) is 0 Å². The van der Waals surface area contributed by atoms with E-state index in [1.807, 2.05) is 0 Å². The topological polar surface area (TPSA) is 37.3 Å². The number of aliphatic carboxylic acids is 1. The zero-order chi connectivity index (χ0) is 3.58. The Morgan fingerprint density at radius 2 is 1.83 bits per heavy atom. The summed E-state index contributed by atoms with van der Waals surface area (Å²) in [7, 11) is 0. The van der Waals surface area contributed by atoms with Gasteiger partial charge in [-0.25, -0.2) is 0 Å². The molecule has 0 fully saturated rings. The average Bonchev–Trinajstić information content (AvgIpc) is 0.811. The van der Waals surface area contributed by atoms with Gasteiger partial charge in [0.1, 0.15) is 0 Å². The second-order valence-electron chi connectivity index (χ2n) is 0.519. The van der Waals surface area contributed by atoms with Gasteiger partial charge in [0.25, 0.3) is 5.97 Å². The molecule has 0 spiro atoms. The van der Waals surface area contributed by atoms with Crippen molar-refractivity contribution >= 4 is 29.0 Å². The summed E-state index contributed by atoms with van der Waals surface area (Å²) in [5, 5.41) is 7.42. The first-order valence-electron chi connectivity index (χ1n) is 0.928. The quantitative estimate of drug-likeness (QED) is 0.480. The average molecular weight is 141 g/mol. The van der Waals surface area contributed by atoms with E-state index in [2.05, 4.69) is 0 Å². The second-order valence-corrected chi connectivity index (χ2v) is 0.519. The van der Waals surface area contributed by atoms with Crippen molar-refractivity contribution in [2.24, 2.45) is 0 Å². The van der Waals surface area contributed by atoms with E-state index >= 15 is 0 Å². The molecule has 6 heavy (non-hydrogen) atoms. The van der Waals surface area contributed by atoms with Crippen LogP contribution in [0, 0.1) is 0 Å². The maximum Gasteiger partial charge on any atom is 2.00 e. The van der Waals surface area contributed by atoms with Crippen LogP contribution in [0.15, 0.2) is 0 Å². The first kappa shape index (κ1) is 15.9. The normalized spacial score (nSPS) is 4.17. The third-order valence-corrected chi connectivity index (χ3v) is 0. The molecule has 35 valence electrons. The molecule has 1 radical (unpaired) electrons. The van der Waals surface area contributed by atoms with Crippen molar-refractivity contribution in [2.75, 3.05) is 0 Å². The fraction of sp³-hybridized carbons (Fsp3) is 0.500. The van der Waals surface area contributed by atoms with E-state index in [0.29, 0.717) is 0 Å². The fourth-order valence-corrected chi connectivity index (χ4v) is 0. The molecule has 0 aromatic rings. The number of hydrogen-bond acceptors (Lipinski definition) is 1. The van der Waals surface area contributed by atoms with Crippen LogP contribution in [-0.2, 0) is 21.9 Å². The van der Waals surface area contributed by atoms with Gasteiger partial charge < -0.3 is 7.96 Å². The molecular formula is C2H6MgMnO2. The fourth-order valence-electron chi connectivity index (χ4n) is 0. The summed E-state index contributed by atoms with van der Waals surface area (Å²) in [5.41, 5.74) is 0. The largest absolute Gasteiger partial charge is 2.00 e. The minimum atomic E-state index is -0.833. The van der Waals surface area contributed by atoms with E-state index in [1.165, 1.54) is 0 Å². The van der Waals surface area contributed by atoms with Crippen LogP contribution in [0.4, 0.5) is 0 Å². The number of carboxylic acid groups (broad SMARTS) is 1. The summed E-state index contributed by atoms with van der Waals surface area (Å²) in [5.74, 6) is -0.833. The SMILES string of the molecule is CC(=O)O.[H-].[H-].[Mg+2].[Mn]. The van der Waals surface area contributed by atoms with Gasteiger partial charge in [-0.3, -0.25) is 4.79 Å². The van der Waals surface area contributed by atoms with Crippen molar-refractivity contribution in [2.45, 2.75) is 6.92 Å². The Hall–Kier alpha value is 0.756. The first-order chi connectivity index (χ1) is 1.73. The zero-order valence-electron chi connectivity index (χ0n) is 5.44. The van der Waals surface area contributed by atoms with Gasteiger partial charge in [0.2, 0.25) is 0 Å². The summed E-state index contributed by atoms with van der Waals surface area (Å²) in [6.07, 6.45) is 0. The molecular weight excluding hydrogens is 135 g/mol. The Labute approximate surface area is 65.9 Å². The van der Waals surface area contributed by atoms with Crippen molar-refractivity contribution in [3.8, 4) is 0 Å². The van der Waals surface area contributed by atoms with Gasteiger partial charge in [-0.15, -0.1) is 0 Å². The molecule has 0 saturated heterocycles. The van der Waals surface area contributed by atoms with Crippen molar-refractivity contribution in [3.05, 3.63) is 0 Å². The molecule has 0 aliphatic carbocycles. The maximum atomic E-state index is 9.00. The van der Waals surface area contributed by atoms with Crippen LogP contribution in [0.1, 0.15) is 9.78 Å². The van der Waals surface area contributed by atoms with Crippen LogP contribution >= 0.6 is 0 Å². The van der Waals surface area contributed by atoms with E-state index < -0.39 is 5.97 Å². The van der Waals surface area contributed by atoms with Crippen LogP contribution < -0.4 is 0 Å². The summed E-state index contributed by atoms with van der Waals surface area (Å²) in [6.45, 7) is 1.08. The number of carbonyl (C=O) groups is 1. The van der Waals surface area contributed by atoms with Crippen LogP contribution in [0.5, 0.6) is 0 Å². The number of rotatable bonds is 0. The summed E-state index contributed by atoms with van der Waals surface area (Å²) in [4.78, 5) is 9.00. The van der Waals surface area contributed by atoms with E-state index in [9.17, 15) is 0 Å². The summed E-state index contributed by atoms with van der Waals surface area (Å²) in [6, 6.07) is 0. The molecule has 0 aliphatic heterocycles.